The molecule has 5 aromatic rings. The van der Waals surface area contributed by atoms with Crippen LogP contribution in [0.5, 0.6) is 0 Å². The number of benzene rings is 2. The lowest BCUT2D eigenvalue weighted by Crippen LogP contribution is -2.23. The number of nitriles is 1. The Morgan fingerprint density at radius 1 is 1.06 bits per heavy atom. The number of hydrogen-bond donors (Lipinski definition) is 1. The minimum absolute atomic E-state index is 0.00255. The Kier molecular flexibility index (Phi) is 7.35. The quantitative estimate of drug-likeness (QED) is 0.231. The third-order valence-corrected chi connectivity index (χ3v) is 11.8. The maximum atomic E-state index is 14.3. The summed E-state index contributed by atoms with van der Waals surface area (Å²) in [5, 5.41) is 12.4. The predicted octanol–water partition coefficient (Wildman–Crippen LogP) is 5.91. The number of nitrogens with one attached hydrogen (secondary N) is 1. The molecular formula is C35H32FN5O5S. The number of rotatable bonds is 7. The summed E-state index contributed by atoms with van der Waals surface area (Å²) in [6, 6.07) is 15.2. The van der Waals surface area contributed by atoms with Gasteiger partial charge in [-0.05, 0) is 85.9 Å². The molecule has 12 heteroatoms. The van der Waals surface area contributed by atoms with E-state index in [-0.39, 0.29) is 22.3 Å². The molecule has 1 N–H and O–H groups in total. The number of H-pyrrole nitrogens is 1. The maximum Gasteiger partial charge on any atom is 0.280 e. The van der Waals surface area contributed by atoms with Crippen molar-refractivity contribution in [3.8, 4) is 28.5 Å². The number of ether oxygens (including phenoxy) is 1. The minimum atomic E-state index is -3.88. The largest absolute Gasteiger partial charge is 0.381 e. The van der Waals surface area contributed by atoms with Crippen LogP contribution in [0.25, 0.3) is 33.4 Å². The average Bonchev–Trinajstić information content (AvgIpc) is 3.86. The number of aromatic amines is 1. The third kappa shape index (κ3) is 5.10. The molecule has 3 aromatic heterocycles. The molecule has 2 fully saturated rings. The second-order valence-corrected chi connectivity index (χ2v) is 14.4. The third-order valence-electron chi connectivity index (χ3n) is 9.81. The zero-order valence-corrected chi connectivity index (χ0v) is 26.4. The molecule has 0 saturated carbocycles. The van der Waals surface area contributed by atoms with Crippen molar-refractivity contribution < 1.29 is 22.1 Å². The molecule has 47 heavy (non-hydrogen) atoms. The van der Waals surface area contributed by atoms with E-state index in [1.54, 1.807) is 10.4 Å². The highest BCUT2D eigenvalue weighted by Crippen LogP contribution is 2.52. The normalized spacial score (nSPS) is 19.2. The van der Waals surface area contributed by atoms with E-state index in [0.717, 1.165) is 55.5 Å². The van der Waals surface area contributed by atoms with Gasteiger partial charge in [-0.25, -0.2) is 12.8 Å². The molecule has 0 aliphatic carbocycles. The molecule has 2 saturated heterocycles. The van der Waals surface area contributed by atoms with Crippen LogP contribution in [-0.2, 0) is 27.7 Å². The number of fused-ring (bicyclic) bond motifs is 4. The van der Waals surface area contributed by atoms with Gasteiger partial charge in [0.15, 0.2) is 5.76 Å². The molecule has 6 heterocycles. The molecule has 240 valence electrons. The standard InChI is InChI=1S/C35H32FN5O5S/c36-26-16-22(3-5-25(26)19-37)20-40-13-9-23-17-24(6-8-28(23)40)32-33(30-18-31(42)39-46-30)27(7-4-21-10-14-45-15-11-21)38-34-29-2-1-12-41(29)47(43,44)35(32)34/h3,5-6,8-9,13,16-18,21,29H,1-2,4,7,10-12,14-15,20H2,(H,39,42)/t29-/m1/s1. The van der Waals surface area contributed by atoms with Gasteiger partial charge in [0.25, 0.3) is 5.56 Å². The van der Waals surface area contributed by atoms with Gasteiger partial charge in [0.1, 0.15) is 16.8 Å². The fraction of sp³-hybridized carbons (Fsp3) is 0.343. The summed E-state index contributed by atoms with van der Waals surface area (Å²) in [5.74, 6) is 0.152. The van der Waals surface area contributed by atoms with Crippen molar-refractivity contribution in [2.75, 3.05) is 19.8 Å². The highest BCUT2D eigenvalue weighted by molar-refractivity contribution is 7.89. The Labute approximate surface area is 270 Å². The second-order valence-electron chi connectivity index (χ2n) is 12.6. The Morgan fingerprint density at radius 3 is 2.68 bits per heavy atom. The fourth-order valence-corrected chi connectivity index (χ4v) is 9.55. The molecule has 0 unspecified atom stereocenters. The van der Waals surface area contributed by atoms with E-state index in [1.165, 1.54) is 18.2 Å². The van der Waals surface area contributed by atoms with Crippen molar-refractivity contribution in [3.05, 3.63) is 93.4 Å². The zero-order chi connectivity index (χ0) is 32.3. The lowest BCUT2D eigenvalue weighted by Gasteiger charge is -2.23. The van der Waals surface area contributed by atoms with Gasteiger partial charge in [-0.2, -0.15) is 14.7 Å². The SMILES string of the molecule is N#Cc1ccc(Cn2ccc3cc(-c4c(-c5cc(=O)[nH]o5)c(CCC5CCOCC5)nc5c4S(=O)(=O)N4CCC[C@H]54)ccc32)cc1F. The van der Waals surface area contributed by atoms with E-state index >= 15 is 0 Å². The molecule has 8 rings (SSSR count). The number of nitrogens with zero attached hydrogens (tertiary/aromatic N) is 4. The van der Waals surface area contributed by atoms with Crippen LogP contribution >= 0.6 is 0 Å². The van der Waals surface area contributed by atoms with Crippen LogP contribution in [0.3, 0.4) is 0 Å². The van der Waals surface area contributed by atoms with Gasteiger partial charge < -0.3 is 13.8 Å². The molecule has 0 bridgehead atoms. The van der Waals surface area contributed by atoms with Crippen molar-refractivity contribution in [1.82, 2.24) is 19.0 Å². The van der Waals surface area contributed by atoms with Crippen molar-refractivity contribution >= 4 is 20.9 Å². The van der Waals surface area contributed by atoms with Crippen molar-refractivity contribution in [2.45, 2.75) is 56.0 Å². The van der Waals surface area contributed by atoms with Gasteiger partial charge in [-0.15, -0.1) is 0 Å². The van der Waals surface area contributed by atoms with Gasteiger partial charge in [-0.3, -0.25) is 9.78 Å². The van der Waals surface area contributed by atoms with Crippen LogP contribution in [0.1, 0.15) is 60.7 Å². The van der Waals surface area contributed by atoms with Crippen LogP contribution < -0.4 is 5.56 Å². The summed E-state index contributed by atoms with van der Waals surface area (Å²) in [5.41, 5.74) is 4.15. The summed E-state index contributed by atoms with van der Waals surface area (Å²) >= 11 is 0. The summed E-state index contributed by atoms with van der Waals surface area (Å²) < 4.78 is 57.6. The van der Waals surface area contributed by atoms with Crippen molar-refractivity contribution in [1.29, 1.82) is 5.26 Å². The number of sulfonamides is 1. The van der Waals surface area contributed by atoms with Crippen LogP contribution in [0, 0.1) is 23.1 Å². The van der Waals surface area contributed by atoms with E-state index in [4.69, 9.17) is 19.5 Å². The molecule has 1 atom stereocenters. The summed E-state index contributed by atoms with van der Waals surface area (Å²) in [7, 11) is -3.88. The van der Waals surface area contributed by atoms with Gasteiger partial charge >= 0.3 is 0 Å². The highest BCUT2D eigenvalue weighted by atomic mass is 32.2. The van der Waals surface area contributed by atoms with Crippen molar-refractivity contribution in [3.63, 3.8) is 0 Å². The summed E-state index contributed by atoms with van der Waals surface area (Å²) in [6.45, 7) is 2.27. The fourth-order valence-electron chi connectivity index (χ4n) is 7.49. The van der Waals surface area contributed by atoms with E-state index in [2.05, 4.69) is 5.16 Å². The lowest BCUT2D eigenvalue weighted by atomic mass is 9.89. The van der Waals surface area contributed by atoms with Gasteiger partial charge in [0.05, 0.1) is 34.6 Å². The molecule has 0 spiro atoms. The molecule has 10 nitrogen and oxygen atoms in total. The molecule has 0 radical (unpaired) electrons. The smallest absolute Gasteiger partial charge is 0.280 e. The van der Waals surface area contributed by atoms with Gasteiger partial charge in [0.2, 0.25) is 10.0 Å². The first-order valence-corrected chi connectivity index (χ1v) is 17.4. The topological polar surface area (TPSA) is 134 Å². The number of pyridine rings is 1. The first kappa shape index (κ1) is 29.8. The summed E-state index contributed by atoms with van der Waals surface area (Å²) in [4.78, 5) is 17.7. The van der Waals surface area contributed by atoms with Gasteiger partial charge in [0, 0.05) is 49.0 Å². The Hall–Kier alpha value is -4.57. The minimum Gasteiger partial charge on any atom is -0.381 e. The monoisotopic (exact) mass is 653 g/mol. The molecule has 0 amide bonds. The van der Waals surface area contributed by atoms with E-state index in [9.17, 15) is 17.6 Å². The Bertz CT molecular complexity index is 2240. The number of hydrogen-bond acceptors (Lipinski definition) is 7. The molecule has 3 aliphatic rings. The molecular weight excluding hydrogens is 621 g/mol. The zero-order valence-electron chi connectivity index (χ0n) is 25.5. The number of halogens is 1. The van der Waals surface area contributed by atoms with Gasteiger partial charge in [-0.1, -0.05) is 12.1 Å². The lowest BCUT2D eigenvalue weighted by molar-refractivity contribution is 0.0639. The predicted molar refractivity (Wildman–Crippen MR) is 171 cm³/mol. The first-order valence-electron chi connectivity index (χ1n) is 15.9. The van der Waals surface area contributed by atoms with Crippen LogP contribution in [0.15, 0.2) is 68.9 Å². The van der Waals surface area contributed by atoms with E-state index < -0.39 is 21.4 Å². The van der Waals surface area contributed by atoms with Crippen LogP contribution in [-0.4, -0.2) is 47.2 Å². The van der Waals surface area contributed by atoms with Crippen LogP contribution in [0.4, 0.5) is 4.39 Å². The number of aromatic nitrogens is 3. The molecule has 2 aromatic carbocycles. The number of aryl methyl sites for hydroxylation is 1. The second kappa shape index (κ2) is 11.6. The summed E-state index contributed by atoms with van der Waals surface area (Å²) in [6.07, 6.45) is 6.75. The Balaban J connectivity index is 1.29. The van der Waals surface area contributed by atoms with E-state index in [1.807, 2.05) is 41.1 Å². The highest BCUT2D eigenvalue weighted by Gasteiger charge is 2.49. The first-order chi connectivity index (χ1) is 22.8. The average molecular weight is 654 g/mol. The van der Waals surface area contributed by atoms with Crippen molar-refractivity contribution in [2.24, 2.45) is 5.92 Å². The van der Waals surface area contributed by atoms with Crippen LogP contribution in [0.2, 0.25) is 0 Å². The molecule has 3 aliphatic heterocycles. The van der Waals surface area contributed by atoms with E-state index in [0.29, 0.717) is 59.8 Å². The Morgan fingerprint density at radius 2 is 1.91 bits per heavy atom. The maximum absolute atomic E-state index is 14.3.